The molecule has 2 aliphatic carbocycles. The summed E-state index contributed by atoms with van der Waals surface area (Å²) in [6.07, 6.45) is 9.25. The molecule has 1 aromatic carbocycles. The molecule has 3 unspecified atom stereocenters. The Hall–Kier alpha value is -1.08. The molecule has 19 heavy (non-hydrogen) atoms. The SMILES string of the molecule is CCNC(C1=CCCCC1)C1CC1c1ccccc1. The molecule has 102 valence electrons. The average molecular weight is 255 g/mol. The van der Waals surface area contributed by atoms with Crippen LogP contribution in [-0.4, -0.2) is 12.6 Å². The summed E-state index contributed by atoms with van der Waals surface area (Å²) < 4.78 is 0. The molecular formula is C18H25N. The third-order valence-corrected chi connectivity index (χ3v) is 4.65. The molecule has 1 fully saturated rings. The minimum Gasteiger partial charge on any atom is -0.310 e. The van der Waals surface area contributed by atoms with Gasteiger partial charge in [-0.1, -0.05) is 48.9 Å². The van der Waals surface area contributed by atoms with Crippen LogP contribution in [0.3, 0.4) is 0 Å². The number of likely N-dealkylation sites (N-methyl/N-ethyl adjacent to an activating group) is 1. The topological polar surface area (TPSA) is 12.0 Å². The van der Waals surface area contributed by atoms with Crippen molar-refractivity contribution < 1.29 is 0 Å². The van der Waals surface area contributed by atoms with E-state index >= 15 is 0 Å². The second-order valence-electron chi connectivity index (χ2n) is 5.98. The molecular weight excluding hydrogens is 230 g/mol. The van der Waals surface area contributed by atoms with Gasteiger partial charge in [-0.3, -0.25) is 0 Å². The van der Waals surface area contributed by atoms with Gasteiger partial charge < -0.3 is 5.32 Å². The molecule has 1 saturated carbocycles. The van der Waals surface area contributed by atoms with Crippen molar-refractivity contribution >= 4 is 0 Å². The first-order chi connectivity index (χ1) is 9.40. The third kappa shape index (κ3) is 2.92. The minimum atomic E-state index is 0.635. The van der Waals surface area contributed by atoms with Crippen LogP contribution in [0.15, 0.2) is 42.0 Å². The molecule has 1 N–H and O–H groups in total. The molecule has 3 rings (SSSR count). The summed E-state index contributed by atoms with van der Waals surface area (Å²) in [4.78, 5) is 0. The van der Waals surface area contributed by atoms with E-state index < -0.39 is 0 Å². The lowest BCUT2D eigenvalue weighted by molar-refractivity contribution is 0.492. The van der Waals surface area contributed by atoms with Gasteiger partial charge in [0.2, 0.25) is 0 Å². The number of hydrogen-bond donors (Lipinski definition) is 1. The first kappa shape index (κ1) is 12.9. The van der Waals surface area contributed by atoms with Crippen LogP contribution in [0.25, 0.3) is 0 Å². The van der Waals surface area contributed by atoms with Crippen LogP contribution in [-0.2, 0) is 0 Å². The molecule has 3 atom stereocenters. The van der Waals surface area contributed by atoms with Gasteiger partial charge in [0.25, 0.3) is 0 Å². The third-order valence-electron chi connectivity index (χ3n) is 4.65. The van der Waals surface area contributed by atoms with E-state index in [0.29, 0.717) is 6.04 Å². The Morgan fingerprint density at radius 2 is 2.05 bits per heavy atom. The van der Waals surface area contributed by atoms with Crippen molar-refractivity contribution in [3.63, 3.8) is 0 Å². The molecule has 0 bridgehead atoms. The fraction of sp³-hybridized carbons (Fsp3) is 0.556. The fourth-order valence-electron chi connectivity index (χ4n) is 3.59. The predicted octanol–water partition coefficient (Wildman–Crippen LogP) is 4.27. The summed E-state index contributed by atoms with van der Waals surface area (Å²) in [5, 5.41) is 3.75. The van der Waals surface area contributed by atoms with Gasteiger partial charge in [-0.2, -0.15) is 0 Å². The van der Waals surface area contributed by atoms with Crippen molar-refractivity contribution in [3.8, 4) is 0 Å². The highest BCUT2D eigenvalue weighted by Crippen LogP contribution is 2.51. The lowest BCUT2D eigenvalue weighted by Crippen LogP contribution is -2.34. The molecule has 0 heterocycles. The van der Waals surface area contributed by atoms with Crippen LogP contribution in [0, 0.1) is 5.92 Å². The zero-order chi connectivity index (χ0) is 13.1. The van der Waals surface area contributed by atoms with Gasteiger partial charge in [-0.15, -0.1) is 0 Å². The maximum atomic E-state index is 3.75. The van der Waals surface area contributed by atoms with Crippen LogP contribution >= 0.6 is 0 Å². The first-order valence-corrected chi connectivity index (χ1v) is 7.87. The Bertz CT molecular complexity index is 434. The summed E-state index contributed by atoms with van der Waals surface area (Å²) in [7, 11) is 0. The van der Waals surface area contributed by atoms with Gasteiger partial charge in [0.05, 0.1) is 0 Å². The zero-order valence-corrected chi connectivity index (χ0v) is 11.9. The summed E-state index contributed by atoms with van der Waals surface area (Å²) >= 11 is 0. The number of allylic oxidation sites excluding steroid dienone is 1. The Morgan fingerprint density at radius 1 is 1.21 bits per heavy atom. The molecule has 0 amide bonds. The molecule has 1 aromatic rings. The molecule has 0 saturated heterocycles. The molecule has 0 aromatic heterocycles. The van der Waals surface area contributed by atoms with E-state index in [1.807, 2.05) is 0 Å². The first-order valence-electron chi connectivity index (χ1n) is 7.87. The largest absolute Gasteiger partial charge is 0.310 e. The smallest absolute Gasteiger partial charge is 0.0313 e. The van der Waals surface area contributed by atoms with Gasteiger partial charge >= 0.3 is 0 Å². The Morgan fingerprint density at radius 3 is 2.74 bits per heavy atom. The van der Waals surface area contributed by atoms with E-state index in [1.54, 1.807) is 5.57 Å². The fourth-order valence-corrected chi connectivity index (χ4v) is 3.59. The number of benzene rings is 1. The van der Waals surface area contributed by atoms with Gasteiger partial charge in [0.15, 0.2) is 0 Å². The molecule has 1 heteroatoms. The van der Waals surface area contributed by atoms with Gasteiger partial charge in [0.1, 0.15) is 0 Å². The van der Waals surface area contributed by atoms with Crippen molar-refractivity contribution in [1.29, 1.82) is 0 Å². The quantitative estimate of drug-likeness (QED) is 0.775. The summed E-state index contributed by atoms with van der Waals surface area (Å²) in [5.74, 6) is 1.61. The average Bonchev–Trinajstić information content (AvgIpc) is 3.27. The monoisotopic (exact) mass is 255 g/mol. The number of nitrogens with one attached hydrogen (secondary N) is 1. The zero-order valence-electron chi connectivity index (χ0n) is 11.9. The van der Waals surface area contributed by atoms with E-state index in [0.717, 1.165) is 18.4 Å². The second kappa shape index (κ2) is 5.92. The van der Waals surface area contributed by atoms with E-state index in [2.05, 4.69) is 48.6 Å². The lowest BCUT2D eigenvalue weighted by atomic mass is 9.90. The van der Waals surface area contributed by atoms with Gasteiger partial charge in [-0.05, 0) is 56.0 Å². The van der Waals surface area contributed by atoms with Gasteiger partial charge in [0, 0.05) is 6.04 Å². The normalized spacial score (nSPS) is 27.7. The lowest BCUT2D eigenvalue weighted by Gasteiger charge is -2.24. The highest BCUT2D eigenvalue weighted by molar-refractivity contribution is 5.30. The summed E-state index contributed by atoms with van der Waals surface area (Å²) in [6, 6.07) is 11.7. The van der Waals surface area contributed by atoms with E-state index in [4.69, 9.17) is 0 Å². The molecule has 1 nitrogen and oxygen atoms in total. The van der Waals surface area contributed by atoms with Crippen LogP contribution in [0.1, 0.15) is 50.5 Å². The van der Waals surface area contributed by atoms with Crippen LogP contribution in [0.5, 0.6) is 0 Å². The Labute approximate surface area is 117 Å². The van der Waals surface area contributed by atoms with Crippen molar-refractivity contribution in [2.45, 2.75) is 51.0 Å². The maximum absolute atomic E-state index is 3.75. The van der Waals surface area contributed by atoms with E-state index in [1.165, 1.54) is 37.7 Å². The highest BCUT2D eigenvalue weighted by atomic mass is 14.9. The van der Waals surface area contributed by atoms with Crippen molar-refractivity contribution in [1.82, 2.24) is 5.32 Å². The molecule has 0 radical (unpaired) electrons. The second-order valence-corrected chi connectivity index (χ2v) is 5.98. The van der Waals surface area contributed by atoms with Crippen molar-refractivity contribution in [2.75, 3.05) is 6.54 Å². The highest BCUT2D eigenvalue weighted by Gasteiger charge is 2.44. The van der Waals surface area contributed by atoms with Crippen molar-refractivity contribution in [2.24, 2.45) is 5.92 Å². The standard InChI is InChI=1S/C18H25N/c1-2-19-18(15-11-7-4-8-12-15)17-13-16(17)14-9-5-3-6-10-14/h3,5-6,9-11,16-19H,2,4,7-8,12-13H2,1H3. The Kier molecular flexibility index (Phi) is 4.03. The van der Waals surface area contributed by atoms with E-state index in [-0.39, 0.29) is 0 Å². The van der Waals surface area contributed by atoms with Gasteiger partial charge in [-0.25, -0.2) is 0 Å². The number of rotatable bonds is 5. The van der Waals surface area contributed by atoms with Crippen molar-refractivity contribution in [3.05, 3.63) is 47.5 Å². The van der Waals surface area contributed by atoms with E-state index in [9.17, 15) is 0 Å². The van der Waals surface area contributed by atoms with Crippen LogP contribution in [0.4, 0.5) is 0 Å². The number of hydrogen-bond acceptors (Lipinski definition) is 1. The Balaban J connectivity index is 1.71. The molecule has 0 spiro atoms. The maximum Gasteiger partial charge on any atom is 0.0313 e. The van der Waals surface area contributed by atoms with Crippen LogP contribution < -0.4 is 5.32 Å². The predicted molar refractivity (Wildman–Crippen MR) is 81.3 cm³/mol. The summed E-state index contributed by atoms with van der Waals surface area (Å²) in [5.41, 5.74) is 3.23. The summed E-state index contributed by atoms with van der Waals surface area (Å²) in [6.45, 7) is 3.32. The molecule has 2 aliphatic rings. The van der Waals surface area contributed by atoms with Crippen LogP contribution in [0.2, 0.25) is 0 Å². The molecule has 0 aliphatic heterocycles. The minimum absolute atomic E-state index is 0.635.